The summed E-state index contributed by atoms with van der Waals surface area (Å²) >= 11 is 0. The lowest BCUT2D eigenvalue weighted by Gasteiger charge is -2.36. The monoisotopic (exact) mass is 298 g/mol. The molecule has 1 fully saturated rings. The molecule has 1 aliphatic heterocycles. The van der Waals surface area contributed by atoms with E-state index in [-0.39, 0.29) is 17.7 Å². The Balaban J connectivity index is 2.34. The van der Waals surface area contributed by atoms with E-state index in [0.717, 1.165) is 32.5 Å². The van der Waals surface area contributed by atoms with Crippen LogP contribution in [0.15, 0.2) is 0 Å². The van der Waals surface area contributed by atoms with Crippen molar-refractivity contribution in [3.8, 4) is 0 Å². The SMILES string of the molecule is CCCNC(=O)CN1CCN(C(=O)[C@@H](N)C(C)CC)CC1. The van der Waals surface area contributed by atoms with Crippen LogP contribution in [-0.4, -0.2) is 66.9 Å². The Kier molecular flexibility index (Phi) is 7.67. The van der Waals surface area contributed by atoms with E-state index in [0.29, 0.717) is 19.6 Å². The number of carbonyl (C=O) groups excluding carboxylic acids is 2. The fourth-order valence-electron chi connectivity index (χ4n) is 2.36. The molecule has 1 rings (SSSR count). The van der Waals surface area contributed by atoms with Gasteiger partial charge in [0.1, 0.15) is 0 Å². The minimum absolute atomic E-state index is 0.0411. The van der Waals surface area contributed by atoms with Gasteiger partial charge in [0, 0.05) is 32.7 Å². The van der Waals surface area contributed by atoms with E-state index in [9.17, 15) is 9.59 Å². The first kappa shape index (κ1) is 17.9. The second-order valence-electron chi connectivity index (χ2n) is 5.86. The van der Waals surface area contributed by atoms with Crippen molar-refractivity contribution in [2.45, 2.75) is 39.7 Å². The maximum Gasteiger partial charge on any atom is 0.239 e. The third kappa shape index (κ3) is 5.63. The molecule has 0 radical (unpaired) electrons. The number of hydrogen-bond acceptors (Lipinski definition) is 4. The van der Waals surface area contributed by atoms with Crippen LogP contribution in [0.5, 0.6) is 0 Å². The lowest BCUT2D eigenvalue weighted by Crippen LogP contribution is -2.55. The van der Waals surface area contributed by atoms with Gasteiger partial charge in [-0.25, -0.2) is 0 Å². The maximum absolute atomic E-state index is 12.3. The zero-order valence-electron chi connectivity index (χ0n) is 13.6. The van der Waals surface area contributed by atoms with Crippen LogP contribution < -0.4 is 11.1 Å². The standard InChI is InChI=1S/C15H30N4O2/c1-4-6-17-13(20)11-18-7-9-19(10-8-18)15(21)14(16)12(3)5-2/h12,14H,4-11,16H2,1-3H3,(H,17,20)/t12?,14-/m0/s1. The van der Waals surface area contributed by atoms with Crippen LogP contribution in [0.1, 0.15) is 33.6 Å². The molecule has 0 saturated carbocycles. The van der Waals surface area contributed by atoms with Gasteiger partial charge in [0.15, 0.2) is 0 Å². The minimum Gasteiger partial charge on any atom is -0.355 e. The summed E-state index contributed by atoms with van der Waals surface area (Å²) in [5.41, 5.74) is 6.00. The van der Waals surface area contributed by atoms with E-state index in [2.05, 4.69) is 10.2 Å². The zero-order valence-corrected chi connectivity index (χ0v) is 13.6. The fourth-order valence-corrected chi connectivity index (χ4v) is 2.36. The second-order valence-corrected chi connectivity index (χ2v) is 5.86. The molecule has 6 nitrogen and oxygen atoms in total. The molecule has 1 saturated heterocycles. The van der Waals surface area contributed by atoms with Gasteiger partial charge in [0.25, 0.3) is 0 Å². The van der Waals surface area contributed by atoms with Gasteiger partial charge in [-0.05, 0) is 12.3 Å². The third-order valence-corrected chi connectivity index (χ3v) is 4.17. The number of rotatable bonds is 7. The summed E-state index contributed by atoms with van der Waals surface area (Å²) in [6, 6.07) is -0.408. The average molecular weight is 298 g/mol. The molecular weight excluding hydrogens is 268 g/mol. The first-order valence-electron chi connectivity index (χ1n) is 8.03. The predicted octanol–water partition coefficient (Wildman–Crippen LogP) is 0.0302. The molecule has 0 aliphatic carbocycles. The van der Waals surface area contributed by atoms with Crippen LogP contribution in [0.4, 0.5) is 0 Å². The summed E-state index contributed by atoms with van der Waals surface area (Å²) in [6.07, 6.45) is 1.85. The van der Waals surface area contributed by atoms with Gasteiger partial charge >= 0.3 is 0 Å². The maximum atomic E-state index is 12.3. The molecular formula is C15H30N4O2. The van der Waals surface area contributed by atoms with Crippen LogP contribution in [0.2, 0.25) is 0 Å². The van der Waals surface area contributed by atoms with Crippen molar-refractivity contribution in [1.82, 2.24) is 15.1 Å². The second kappa shape index (κ2) is 9.00. The van der Waals surface area contributed by atoms with Gasteiger partial charge in [-0.3, -0.25) is 14.5 Å². The van der Waals surface area contributed by atoms with Gasteiger partial charge in [-0.2, -0.15) is 0 Å². The number of nitrogens with zero attached hydrogens (tertiary/aromatic N) is 2. The average Bonchev–Trinajstić information content (AvgIpc) is 2.51. The molecule has 2 atom stereocenters. The summed E-state index contributed by atoms with van der Waals surface area (Å²) < 4.78 is 0. The summed E-state index contributed by atoms with van der Waals surface area (Å²) in [6.45, 7) is 10.0. The number of nitrogens with one attached hydrogen (secondary N) is 1. The Labute approximate surface area is 128 Å². The minimum atomic E-state index is -0.408. The van der Waals surface area contributed by atoms with Gasteiger partial charge in [0.05, 0.1) is 12.6 Å². The highest BCUT2D eigenvalue weighted by atomic mass is 16.2. The van der Waals surface area contributed by atoms with Gasteiger partial charge < -0.3 is 16.0 Å². The Morgan fingerprint density at radius 2 is 1.81 bits per heavy atom. The van der Waals surface area contributed by atoms with Crippen molar-refractivity contribution in [3.63, 3.8) is 0 Å². The summed E-state index contributed by atoms with van der Waals surface area (Å²) in [7, 11) is 0. The number of nitrogens with two attached hydrogens (primary N) is 1. The lowest BCUT2D eigenvalue weighted by atomic mass is 9.98. The fraction of sp³-hybridized carbons (Fsp3) is 0.867. The van der Waals surface area contributed by atoms with Crippen molar-refractivity contribution in [2.75, 3.05) is 39.3 Å². The van der Waals surface area contributed by atoms with Crippen LogP contribution in [-0.2, 0) is 9.59 Å². The molecule has 2 amide bonds. The molecule has 21 heavy (non-hydrogen) atoms. The normalized spacial score (nSPS) is 19.1. The Bertz CT molecular complexity index is 341. The van der Waals surface area contributed by atoms with Crippen LogP contribution in [0.25, 0.3) is 0 Å². The highest BCUT2D eigenvalue weighted by Gasteiger charge is 2.28. The van der Waals surface area contributed by atoms with Crippen LogP contribution in [0.3, 0.4) is 0 Å². The Morgan fingerprint density at radius 3 is 2.33 bits per heavy atom. The Hall–Kier alpha value is -1.14. The predicted molar refractivity (Wildman–Crippen MR) is 83.8 cm³/mol. The molecule has 1 heterocycles. The molecule has 1 aliphatic rings. The van der Waals surface area contributed by atoms with Crippen molar-refractivity contribution in [1.29, 1.82) is 0 Å². The Morgan fingerprint density at radius 1 is 1.19 bits per heavy atom. The molecule has 3 N–H and O–H groups in total. The van der Waals surface area contributed by atoms with Gasteiger partial charge in [0.2, 0.25) is 11.8 Å². The molecule has 0 aromatic rings. The van der Waals surface area contributed by atoms with Crippen molar-refractivity contribution in [2.24, 2.45) is 11.7 Å². The third-order valence-electron chi connectivity index (χ3n) is 4.17. The molecule has 1 unspecified atom stereocenters. The zero-order chi connectivity index (χ0) is 15.8. The summed E-state index contributed by atoms with van der Waals surface area (Å²) in [5.74, 6) is 0.308. The molecule has 6 heteroatoms. The summed E-state index contributed by atoms with van der Waals surface area (Å²) in [4.78, 5) is 27.9. The van der Waals surface area contributed by atoms with Crippen LogP contribution in [0, 0.1) is 5.92 Å². The highest BCUT2D eigenvalue weighted by molar-refractivity contribution is 5.82. The van der Waals surface area contributed by atoms with E-state index < -0.39 is 6.04 Å². The highest BCUT2D eigenvalue weighted by Crippen LogP contribution is 2.10. The lowest BCUT2D eigenvalue weighted by molar-refractivity contribution is -0.135. The van der Waals surface area contributed by atoms with E-state index in [1.807, 2.05) is 25.7 Å². The first-order chi connectivity index (χ1) is 9.99. The first-order valence-corrected chi connectivity index (χ1v) is 8.03. The van der Waals surface area contributed by atoms with Crippen LogP contribution >= 0.6 is 0 Å². The smallest absolute Gasteiger partial charge is 0.239 e. The number of carbonyl (C=O) groups is 2. The van der Waals surface area contributed by atoms with Crippen molar-refractivity contribution >= 4 is 11.8 Å². The molecule has 0 aromatic carbocycles. The number of piperazine rings is 1. The molecule has 0 spiro atoms. The van der Waals surface area contributed by atoms with Crippen molar-refractivity contribution in [3.05, 3.63) is 0 Å². The van der Waals surface area contributed by atoms with Crippen molar-refractivity contribution < 1.29 is 9.59 Å². The van der Waals surface area contributed by atoms with E-state index >= 15 is 0 Å². The topological polar surface area (TPSA) is 78.7 Å². The number of hydrogen-bond donors (Lipinski definition) is 2. The molecule has 0 aromatic heterocycles. The van der Waals surface area contributed by atoms with E-state index in [1.54, 1.807) is 0 Å². The molecule has 122 valence electrons. The quantitative estimate of drug-likeness (QED) is 0.695. The van der Waals surface area contributed by atoms with Gasteiger partial charge in [-0.15, -0.1) is 0 Å². The summed E-state index contributed by atoms with van der Waals surface area (Å²) in [5, 5.41) is 2.87. The van der Waals surface area contributed by atoms with E-state index in [1.165, 1.54) is 0 Å². The van der Waals surface area contributed by atoms with E-state index in [4.69, 9.17) is 5.73 Å². The van der Waals surface area contributed by atoms with Gasteiger partial charge in [-0.1, -0.05) is 27.2 Å². The molecule has 0 bridgehead atoms. The number of amides is 2. The largest absolute Gasteiger partial charge is 0.355 e.